The van der Waals surface area contributed by atoms with E-state index in [-0.39, 0.29) is 18.2 Å². The molecule has 0 aromatic heterocycles. The van der Waals surface area contributed by atoms with Gasteiger partial charge in [0.25, 0.3) is 0 Å². The third-order valence-corrected chi connectivity index (χ3v) is 3.08. The van der Waals surface area contributed by atoms with Gasteiger partial charge in [-0.05, 0) is 37.1 Å². The summed E-state index contributed by atoms with van der Waals surface area (Å²) < 4.78 is 23.4. The highest BCUT2D eigenvalue weighted by Crippen LogP contribution is 2.19. The Kier molecular flexibility index (Phi) is 7.71. The Morgan fingerprint density at radius 2 is 2.19 bits per heavy atom. The summed E-state index contributed by atoms with van der Waals surface area (Å²) in [6, 6.07) is 4.43. The van der Waals surface area contributed by atoms with Crippen LogP contribution in [-0.2, 0) is 16.0 Å². The fraction of sp³-hybridized carbons (Fsp3) is 0.533. The van der Waals surface area contributed by atoms with Gasteiger partial charge in [-0.3, -0.25) is 4.79 Å². The molecule has 0 heterocycles. The van der Waals surface area contributed by atoms with Crippen LogP contribution in [0.1, 0.15) is 18.4 Å². The Morgan fingerprint density at radius 1 is 1.43 bits per heavy atom. The zero-order valence-electron chi connectivity index (χ0n) is 12.4. The van der Waals surface area contributed by atoms with Gasteiger partial charge in [-0.1, -0.05) is 6.07 Å². The van der Waals surface area contributed by atoms with Gasteiger partial charge in [-0.15, -0.1) is 0 Å². The molecule has 5 nitrogen and oxygen atoms in total. The van der Waals surface area contributed by atoms with E-state index in [1.165, 1.54) is 13.2 Å². The summed E-state index contributed by atoms with van der Waals surface area (Å²) in [5.74, 6) is -1.14. The predicted molar refractivity (Wildman–Crippen MR) is 77.2 cm³/mol. The molecule has 1 aromatic rings. The maximum atomic E-state index is 13.6. The van der Waals surface area contributed by atoms with Crippen molar-refractivity contribution in [1.29, 1.82) is 0 Å². The normalized spacial score (nSPS) is 12.1. The van der Waals surface area contributed by atoms with E-state index in [0.717, 1.165) is 12.0 Å². The first-order valence-corrected chi connectivity index (χ1v) is 6.83. The molecule has 1 atom stereocenters. The molecule has 0 aliphatic heterocycles. The maximum absolute atomic E-state index is 13.6. The summed E-state index contributed by atoms with van der Waals surface area (Å²) in [7, 11) is 3.03. The largest absolute Gasteiger partial charge is 0.494 e. The molecule has 0 saturated heterocycles. The van der Waals surface area contributed by atoms with Gasteiger partial charge in [0, 0.05) is 19.8 Å². The lowest BCUT2D eigenvalue weighted by molar-refractivity contribution is -0.137. The average Bonchev–Trinajstić information content (AvgIpc) is 2.43. The first kappa shape index (κ1) is 17.4. The third-order valence-electron chi connectivity index (χ3n) is 3.08. The van der Waals surface area contributed by atoms with Crippen molar-refractivity contribution in [3.05, 3.63) is 29.6 Å². The SMILES string of the molecule is COCCCNC(CC(=O)O)Cc1ccc(OC)c(F)c1. The molecular formula is C15H22FNO4. The van der Waals surface area contributed by atoms with Gasteiger partial charge >= 0.3 is 5.97 Å². The quantitative estimate of drug-likeness (QED) is 0.645. The summed E-state index contributed by atoms with van der Waals surface area (Å²) in [6.07, 6.45) is 1.23. The molecule has 1 aromatic carbocycles. The van der Waals surface area contributed by atoms with E-state index in [1.807, 2.05) is 0 Å². The van der Waals surface area contributed by atoms with Gasteiger partial charge in [0.1, 0.15) is 0 Å². The van der Waals surface area contributed by atoms with Crippen molar-refractivity contribution in [2.45, 2.75) is 25.3 Å². The molecular weight excluding hydrogens is 277 g/mol. The number of hydrogen-bond acceptors (Lipinski definition) is 4. The molecule has 0 amide bonds. The molecule has 118 valence electrons. The molecule has 1 unspecified atom stereocenters. The number of carboxylic acid groups (broad SMARTS) is 1. The molecule has 1 rings (SSSR count). The molecule has 0 bridgehead atoms. The number of carbonyl (C=O) groups is 1. The van der Waals surface area contributed by atoms with E-state index in [9.17, 15) is 9.18 Å². The van der Waals surface area contributed by atoms with Crippen molar-refractivity contribution in [3.8, 4) is 5.75 Å². The standard InChI is InChI=1S/C15H22FNO4/c1-20-7-3-6-17-12(10-15(18)19)8-11-4-5-14(21-2)13(16)9-11/h4-5,9,12,17H,3,6-8,10H2,1-2H3,(H,18,19). The lowest BCUT2D eigenvalue weighted by atomic mass is 10.0. The minimum Gasteiger partial charge on any atom is -0.494 e. The molecule has 2 N–H and O–H groups in total. The van der Waals surface area contributed by atoms with Gasteiger partial charge in [-0.2, -0.15) is 0 Å². The van der Waals surface area contributed by atoms with E-state index in [2.05, 4.69) is 5.32 Å². The van der Waals surface area contributed by atoms with Gasteiger partial charge in [-0.25, -0.2) is 4.39 Å². The van der Waals surface area contributed by atoms with Crippen LogP contribution in [0.5, 0.6) is 5.75 Å². The Morgan fingerprint density at radius 3 is 2.76 bits per heavy atom. The number of carboxylic acids is 1. The van der Waals surface area contributed by atoms with Crippen molar-refractivity contribution in [2.75, 3.05) is 27.4 Å². The number of nitrogens with one attached hydrogen (secondary N) is 1. The van der Waals surface area contributed by atoms with Crippen LogP contribution in [0.3, 0.4) is 0 Å². The number of aliphatic carboxylic acids is 1. The third kappa shape index (κ3) is 6.55. The molecule has 6 heteroatoms. The van der Waals surface area contributed by atoms with Gasteiger partial charge in [0.05, 0.1) is 13.5 Å². The molecule has 0 radical (unpaired) electrons. The number of hydrogen-bond donors (Lipinski definition) is 2. The lowest BCUT2D eigenvalue weighted by Crippen LogP contribution is -2.34. The Labute approximate surface area is 124 Å². The molecule has 0 saturated carbocycles. The van der Waals surface area contributed by atoms with Crippen LogP contribution in [-0.4, -0.2) is 44.5 Å². The van der Waals surface area contributed by atoms with Gasteiger partial charge < -0.3 is 19.9 Å². The van der Waals surface area contributed by atoms with Crippen LogP contribution < -0.4 is 10.1 Å². The zero-order valence-corrected chi connectivity index (χ0v) is 12.4. The van der Waals surface area contributed by atoms with Gasteiger partial charge in [0.15, 0.2) is 11.6 Å². The van der Waals surface area contributed by atoms with E-state index in [4.69, 9.17) is 14.6 Å². The number of rotatable bonds is 10. The van der Waals surface area contributed by atoms with Crippen molar-refractivity contribution in [2.24, 2.45) is 0 Å². The summed E-state index contributed by atoms with van der Waals surface area (Å²) in [5, 5.41) is 12.1. The first-order valence-electron chi connectivity index (χ1n) is 6.83. The second-order valence-corrected chi connectivity index (χ2v) is 4.77. The monoisotopic (exact) mass is 299 g/mol. The van der Waals surface area contributed by atoms with E-state index < -0.39 is 11.8 Å². The van der Waals surface area contributed by atoms with E-state index >= 15 is 0 Å². The number of methoxy groups -OCH3 is 2. The summed E-state index contributed by atoms with van der Waals surface area (Å²) >= 11 is 0. The van der Waals surface area contributed by atoms with Crippen LogP contribution >= 0.6 is 0 Å². The molecule has 0 fully saturated rings. The fourth-order valence-electron chi connectivity index (χ4n) is 2.07. The average molecular weight is 299 g/mol. The second kappa shape index (κ2) is 9.31. The highest BCUT2D eigenvalue weighted by molar-refractivity contribution is 5.67. The van der Waals surface area contributed by atoms with Crippen LogP contribution in [0.25, 0.3) is 0 Å². The topological polar surface area (TPSA) is 67.8 Å². The Balaban J connectivity index is 2.62. The van der Waals surface area contributed by atoms with Crippen LogP contribution in [0.15, 0.2) is 18.2 Å². The number of benzene rings is 1. The van der Waals surface area contributed by atoms with Gasteiger partial charge in [0.2, 0.25) is 0 Å². The van der Waals surface area contributed by atoms with Crippen molar-refractivity contribution in [3.63, 3.8) is 0 Å². The summed E-state index contributed by atoms with van der Waals surface area (Å²) in [4.78, 5) is 10.9. The highest BCUT2D eigenvalue weighted by Gasteiger charge is 2.14. The molecule has 0 aliphatic carbocycles. The minimum absolute atomic E-state index is 0.0133. The second-order valence-electron chi connectivity index (χ2n) is 4.77. The zero-order chi connectivity index (χ0) is 15.7. The summed E-state index contributed by atoms with van der Waals surface area (Å²) in [5.41, 5.74) is 0.735. The smallest absolute Gasteiger partial charge is 0.304 e. The fourth-order valence-corrected chi connectivity index (χ4v) is 2.07. The van der Waals surface area contributed by atoms with E-state index in [0.29, 0.717) is 19.6 Å². The van der Waals surface area contributed by atoms with Crippen molar-refractivity contribution < 1.29 is 23.8 Å². The minimum atomic E-state index is -0.881. The number of halogens is 1. The predicted octanol–water partition coefficient (Wildman–Crippen LogP) is 1.85. The Bertz CT molecular complexity index is 453. The van der Waals surface area contributed by atoms with Crippen molar-refractivity contribution >= 4 is 5.97 Å². The van der Waals surface area contributed by atoms with Crippen LogP contribution in [0, 0.1) is 5.82 Å². The molecule has 0 spiro atoms. The Hall–Kier alpha value is -1.66. The molecule has 21 heavy (non-hydrogen) atoms. The van der Waals surface area contributed by atoms with Crippen LogP contribution in [0.2, 0.25) is 0 Å². The van der Waals surface area contributed by atoms with E-state index in [1.54, 1.807) is 19.2 Å². The summed E-state index contributed by atoms with van der Waals surface area (Å²) in [6.45, 7) is 1.27. The molecule has 0 aliphatic rings. The number of ether oxygens (including phenoxy) is 2. The van der Waals surface area contributed by atoms with Crippen LogP contribution in [0.4, 0.5) is 4.39 Å². The first-order chi connectivity index (χ1) is 10.1. The van der Waals surface area contributed by atoms with Crippen molar-refractivity contribution in [1.82, 2.24) is 5.32 Å². The maximum Gasteiger partial charge on any atom is 0.304 e. The highest BCUT2D eigenvalue weighted by atomic mass is 19.1. The lowest BCUT2D eigenvalue weighted by Gasteiger charge is -2.17.